The average Bonchev–Trinajstić information content (AvgIpc) is 2.59. The molecule has 0 aliphatic rings. The highest BCUT2D eigenvalue weighted by atomic mass is 127. The van der Waals surface area contributed by atoms with E-state index in [1.807, 2.05) is 22.6 Å². The molecule has 2 aromatic rings. The fourth-order valence-electron chi connectivity index (χ4n) is 1.23. The molecule has 7 heteroatoms. The Morgan fingerprint density at radius 3 is 2.44 bits per heavy atom. The third-order valence-electron chi connectivity index (χ3n) is 2.02. The highest BCUT2D eigenvalue weighted by Gasteiger charge is 2.07. The summed E-state index contributed by atoms with van der Waals surface area (Å²) in [5.41, 5.74) is 7.03. The number of hydrogen-bond donors (Lipinski definition) is 1. The van der Waals surface area contributed by atoms with Crippen molar-refractivity contribution in [2.24, 2.45) is 0 Å². The largest absolute Gasteiger partial charge is 0.395 e. The number of halogens is 1. The van der Waals surface area contributed by atoms with Crippen molar-refractivity contribution in [3.63, 3.8) is 0 Å². The molecule has 6 nitrogen and oxygen atoms in total. The van der Waals surface area contributed by atoms with Crippen LogP contribution in [0.15, 0.2) is 30.5 Å². The van der Waals surface area contributed by atoms with Crippen molar-refractivity contribution in [1.82, 2.24) is 9.78 Å². The van der Waals surface area contributed by atoms with Gasteiger partial charge in [-0.3, -0.25) is 10.1 Å². The first-order valence-electron chi connectivity index (χ1n) is 4.33. The summed E-state index contributed by atoms with van der Waals surface area (Å²) in [6.45, 7) is 0. The second-order valence-electron chi connectivity index (χ2n) is 3.09. The van der Waals surface area contributed by atoms with Crippen LogP contribution >= 0.6 is 22.6 Å². The Morgan fingerprint density at radius 2 is 2.00 bits per heavy atom. The molecule has 1 aromatic carbocycles. The van der Waals surface area contributed by atoms with Gasteiger partial charge in [-0.15, -0.1) is 0 Å². The zero-order valence-electron chi connectivity index (χ0n) is 8.00. The Kier molecular flexibility index (Phi) is 2.77. The number of nitrogens with zero attached hydrogens (tertiary/aromatic N) is 3. The SMILES string of the molecule is Nc1cn(-c2ccc([N+](=O)[O-])cc2)nc1I. The molecule has 0 unspecified atom stereocenters. The standard InChI is InChI=1S/C9H7IN4O2/c10-9-8(11)5-13(12-9)6-1-3-7(4-2-6)14(15)16/h1-5H,11H2. The monoisotopic (exact) mass is 330 g/mol. The fourth-order valence-corrected chi connectivity index (χ4v) is 1.60. The maximum absolute atomic E-state index is 10.5. The van der Waals surface area contributed by atoms with E-state index in [1.165, 1.54) is 12.1 Å². The van der Waals surface area contributed by atoms with Gasteiger partial charge in [-0.25, -0.2) is 4.68 Å². The molecule has 2 rings (SSSR count). The molecule has 82 valence electrons. The summed E-state index contributed by atoms with van der Waals surface area (Å²) in [4.78, 5) is 10.0. The van der Waals surface area contributed by atoms with Gasteiger partial charge in [0.2, 0.25) is 0 Å². The second kappa shape index (κ2) is 4.08. The number of nitrogens with two attached hydrogens (primary N) is 1. The van der Waals surface area contributed by atoms with Gasteiger partial charge in [0.1, 0.15) is 3.70 Å². The first kappa shape index (κ1) is 10.9. The number of nitrogen functional groups attached to an aromatic ring is 1. The van der Waals surface area contributed by atoms with Gasteiger partial charge >= 0.3 is 0 Å². The van der Waals surface area contributed by atoms with Gasteiger partial charge in [-0.2, -0.15) is 5.10 Å². The van der Waals surface area contributed by atoms with Gasteiger partial charge in [0.05, 0.1) is 22.5 Å². The van der Waals surface area contributed by atoms with Gasteiger partial charge < -0.3 is 5.73 Å². The molecular formula is C9H7IN4O2. The lowest BCUT2D eigenvalue weighted by Crippen LogP contribution is -1.95. The molecule has 2 N–H and O–H groups in total. The minimum atomic E-state index is -0.439. The molecule has 16 heavy (non-hydrogen) atoms. The van der Waals surface area contributed by atoms with Crippen LogP contribution in [-0.2, 0) is 0 Å². The molecule has 0 radical (unpaired) electrons. The number of nitro benzene ring substituents is 1. The van der Waals surface area contributed by atoms with Crippen LogP contribution in [0.3, 0.4) is 0 Å². The van der Waals surface area contributed by atoms with Crippen molar-refractivity contribution in [1.29, 1.82) is 0 Å². The van der Waals surface area contributed by atoms with Crippen LogP contribution < -0.4 is 5.73 Å². The van der Waals surface area contributed by atoms with E-state index in [2.05, 4.69) is 5.10 Å². The molecule has 0 spiro atoms. The van der Waals surface area contributed by atoms with E-state index in [0.717, 1.165) is 5.69 Å². The number of rotatable bonds is 2. The number of benzene rings is 1. The Balaban J connectivity index is 2.38. The summed E-state index contributed by atoms with van der Waals surface area (Å²) < 4.78 is 2.29. The van der Waals surface area contributed by atoms with Crippen LogP contribution in [0.4, 0.5) is 11.4 Å². The van der Waals surface area contributed by atoms with Crippen LogP contribution in [0.5, 0.6) is 0 Å². The Hall–Kier alpha value is -1.64. The quantitative estimate of drug-likeness (QED) is 0.518. The first-order valence-corrected chi connectivity index (χ1v) is 5.41. The van der Waals surface area contributed by atoms with Crippen LogP contribution in [0.25, 0.3) is 5.69 Å². The summed E-state index contributed by atoms with van der Waals surface area (Å²) in [5.74, 6) is 0. The summed E-state index contributed by atoms with van der Waals surface area (Å²) in [7, 11) is 0. The number of anilines is 1. The van der Waals surface area contributed by atoms with Crippen molar-refractivity contribution < 1.29 is 4.92 Å². The predicted octanol–water partition coefficient (Wildman–Crippen LogP) is 1.97. The lowest BCUT2D eigenvalue weighted by atomic mass is 10.3. The van der Waals surface area contributed by atoms with E-state index in [9.17, 15) is 10.1 Å². The molecule has 1 aromatic heterocycles. The summed E-state index contributed by atoms with van der Waals surface area (Å²) in [6.07, 6.45) is 1.67. The first-order chi connectivity index (χ1) is 7.58. The Morgan fingerprint density at radius 1 is 1.38 bits per heavy atom. The minimum Gasteiger partial charge on any atom is -0.395 e. The highest BCUT2D eigenvalue weighted by Crippen LogP contribution is 2.18. The average molecular weight is 330 g/mol. The van der Waals surface area contributed by atoms with Gasteiger partial charge in [-0.05, 0) is 34.7 Å². The maximum atomic E-state index is 10.5. The minimum absolute atomic E-state index is 0.0542. The fraction of sp³-hybridized carbons (Fsp3) is 0. The number of non-ortho nitro benzene ring substituents is 1. The Labute approximate surface area is 104 Å². The summed E-state index contributed by atoms with van der Waals surface area (Å²) in [5, 5.41) is 14.6. The smallest absolute Gasteiger partial charge is 0.269 e. The molecule has 0 fully saturated rings. The molecule has 0 atom stereocenters. The van der Waals surface area contributed by atoms with Gasteiger partial charge in [0, 0.05) is 12.1 Å². The maximum Gasteiger partial charge on any atom is 0.269 e. The van der Waals surface area contributed by atoms with Crippen molar-refractivity contribution in [3.05, 3.63) is 44.3 Å². The predicted molar refractivity (Wildman–Crippen MR) is 67.3 cm³/mol. The number of hydrogen-bond acceptors (Lipinski definition) is 4. The number of nitro groups is 1. The molecule has 1 heterocycles. The van der Waals surface area contributed by atoms with Crippen LogP contribution in [0, 0.1) is 13.8 Å². The van der Waals surface area contributed by atoms with Crippen molar-refractivity contribution in [2.45, 2.75) is 0 Å². The summed E-state index contributed by atoms with van der Waals surface area (Å²) >= 11 is 2.02. The Bertz CT molecular complexity index is 515. The zero-order chi connectivity index (χ0) is 11.7. The van der Waals surface area contributed by atoms with Crippen molar-refractivity contribution >= 4 is 34.0 Å². The van der Waals surface area contributed by atoms with Gasteiger partial charge in [0.25, 0.3) is 5.69 Å². The van der Waals surface area contributed by atoms with E-state index >= 15 is 0 Å². The molecule has 0 aliphatic carbocycles. The van der Waals surface area contributed by atoms with E-state index in [0.29, 0.717) is 9.39 Å². The van der Waals surface area contributed by atoms with Crippen LogP contribution in [0.2, 0.25) is 0 Å². The number of aromatic nitrogens is 2. The molecular weight excluding hydrogens is 323 g/mol. The van der Waals surface area contributed by atoms with Crippen molar-refractivity contribution in [2.75, 3.05) is 5.73 Å². The third kappa shape index (κ3) is 1.98. The normalized spacial score (nSPS) is 10.3. The lowest BCUT2D eigenvalue weighted by Gasteiger charge is -1.99. The summed E-state index contributed by atoms with van der Waals surface area (Å²) in [6, 6.07) is 6.11. The van der Waals surface area contributed by atoms with Crippen molar-refractivity contribution in [3.8, 4) is 5.69 Å². The zero-order valence-corrected chi connectivity index (χ0v) is 10.2. The lowest BCUT2D eigenvalue weighted by molar-refractivity contribution is -0.384. The topological polar surface area (TPSA) is 87.0 Å². The molecule has 0 bridgehead atoms. The van der Waals surface area contributed by atoms with Gasteiger partial charge in [0.15, 0.2) is 0 Å². The molecule has 0 amide bonds. The second-order valence-corrected chi connectivity index (χ2v) is 4.12. The van der Waals surface area contributed by atoms with E-state index < -0.39 is 4.92 Å². The van der Waals surface area contributed by atoms with Crippen LogP contribution in [0.1, 0.15) is 0 Å². The molecule has 0 aliphatic heterocycles. The van der Waals surface area contributed by atoms with E-state index in [-0.39, 0.29) is 5.69 Å². The van der Waals surface area contributed by atoms with Gasteiger partial charge in [-0.1, -0.05) is 0 Å². The van der Waals surface area contributed by atoms with E-state index in [1.54, 1.807) is 23.0 Å². The highest BCUT2D eigenvalue weighted by molar-refractivity contribution is 14.1. The van der Waals surface area contributed by atoms with Crippen LogP contribution in [-0.4, -0.2) is 14.7 Å². The molecule has 0 saturated heterocycles. The molecule has 0 saturated carbocycles. The third-order valence-corrected chi connectivity index (χ3v) is 2.86. The van der Waals surface area contributed by atoms with E-state index in [4.69, 9.17) is 5.73 Å².